The van der Waals surface area contributed by atoms with Crippen molar-refractivity contribution in [2.45, 2.75) is 6.92 Å². The Morgan fingerprint density at radius 2 is 2.33 bits per heavy atom. The quantitative estimate of drug-likeness (QED) is 0.595. The summed E-state index contributed by atoms with van der Waals surface area (Å²) in [6.45, 7) is 2.52. The first-order valence-corrected chi connectivity index (χ1v) is 5.07. The van der Waals surface area contributed by atoms with Crippen LogP contribution in [0, 0.1) is 0 Å². The normalized spacial score (nSPS) is 18.1. The standard InChI is InChI=1S/C5H11N3O3S/c1-2-7-12(10,11)8-4-3-6-5(8)9/h7H,2-4H2,1H3,(H,6,9). The molecule has 0 aromatic carbocycles. The molecule has 1 heterocycles. The van der Waals surface area contributed by atoms with Crippen LogP contribution in [0.15, 0.2) is 0 Å². The minimum atomic E-state index is -3.59. The third-order valence-electron chi connectivity index (χ3n) is 1.43. The fourth-order valence-electron chi connectivity index (χ4n) is 0.944. The Morgan fingerprint density at radius 3 is 2.75 bits per heavy atom. The molecule has 1 aliphatic rings. The summed E-state index contributed by atoms with van der Waals surface area (Å²) >= 11 is 0. The lowest BCUT2D eigenvalue weighted by molar-refractivity contribution is 0.235. The van der Waals surface area contributed by atoms with E-state index in [-0.39, 0.29) is 13.1 Å². The Balaban J connectivity index is 2.74. The summed E-state index contributed by atoms with van der Waals surface area (Å²) in [5, 5.41) is 2.40. The molecule has 0 aliphatic carbocycles. The zero-order valence-electron chi connectivity index (χ0n) is 6.70. The van der Waals surface area contributed by atoms with Crippen LogP contribution >= 0.6 is 0 Å². The number of carbonyl (C=O) groups excluding carboxylic acids is 1. The monoisotopic (exact) mass is 193 g/mol. The van der Waals surface area contributed by atoms with E-state index in [0.29, 0.717) is 6.54 Å². The van der Waals surface area contributed by atoms with Gasteiger partial charge in [0.2, 0.25) is 0 Å². The fourth-order valence-corrected chi connectivity index (χ4v) is 2.08. The van der Waals surface area contributed by atoms with E-state index < -0.39 is 16.2 Å². The van der Waals surface area contributed by atoms with Gasteiger partial charge in [-0.05, 0) is 0 Å². The van der Waals surface area contributed by atoms with Gasteiger partial charge in [-0.3, -0.25) is 0 Å². The molecule has 0 radical (unpaired) electrons. The van der Waals surface area contributed by atoms with Crippen molar-refractivity contribution in [3.63, 3.8) is 0 Å². The average Bonchev–Trinajstić information content (AvgIpc) is 2.35. The Hall–Kier alpha value is -0.820. The average molecular weight is 193 g/mol. The summed E-state index contributed by atoms with van der Waals surface area (Å²) in [5.74, 6) is 0. The molecule has 70 valence electrons. The molecule has 1 saturated heterocycles. The molecule has 0 atom stereocenters. The second-order valence-corrected chi connectivity index (χ2v) is 3.99. The van der Waals surface area contributed by atoms with Crippen LogP contribution in [-0.2, 0) is 10.2 Å². The maximum Gasteiger partial charge on any atom is 0.332 e. The molecule has 6 nitrogen and oxygen atoms in total. The number of hydrogen-bond acceptors (Lipinski definition) is 3. The zero-order valence-corrected chi connectivity index (χ0v) is 7.52. The first-order chi connectivity index (χ1) is 5.58. The molecule has 0 aromatic heterocycles. The van der Waals surface area contributed by atoms with E-state index in [2.05, 4.69) is 10.0 Å². The highest BCUT2D eigenvalue weighted by atomic mass is 32.2. The number of hydrogen-bond donors (Lipinski definition) is 2. The number of urea groups is 1. The minimum Gasteiger partial charge on any atom is -0.335 e. The van der Waals surface area contributed by atoms with Gasteiger partial charge < -0.3 is 5.32 Å². The summed E-state index contributed by atoms with van der Waals surface area (Å²) < 4.78 is 25.4. The third-order valence-corrected chi connectivity index (χ3v) is 3.02. The van der Waals surface area contributed by atoms with Crippen molar-refractivity contribution in [2.24, 2.45) is 0 Å². The van der Waals surface area contributed by atoms with Crippen molar-refractivity contribution in [1.82, 2.24) is 14.3 Å². The molecule has 0 saturated carbocycles. The Labute approximate surface area is 71.1 Å². The van der Waals surface area contributed by atoms with Gasteiger partial charge in [-0.15, -0.1) is 0 Å². The summed E-state index contributed by atoms with van der Waals surface area (Å²) in [4.78, 5) is 10.9. The largest absolute Gasteiger partial charge is 0.335 e. The maximum atomic E-state index is 11.2. The molecule has 1 aliphatic heterocycles. The lowest BCUT2D eigenvalue weighted by atomic mass is 10.7. The summed E-state index contributed by atoms with van der Waals surface area (Å²) in [6, 6.07) is -0.559. The van der Waals surface area contributed by atoms with E-state index in [1.165, 1.54) is 0 Å². The van der Waals surface area contributed by atoms with Gasteiger partial charge in [0.05, 0.1) is 6.54 Å². The molecule has 2 amide bonds. The van der Waals surface area contributed by atoms with Gasteiger partial charge in [0.1, 0.15) is 0 Å². The van der Waals surface area contributed by atoms with E-state index in [0.717, 1.165) is 4.31 Å². The van der Waals surface area contributed by atoms with E-state index >= 15 is 0 Å². The highest BCUT2D eigenvalue weighted by Crippen LogP contribution is 2.02. The Kier molecular flexibility index (Phi) is 2.53. The second kappa shape index (κ2) is 3.28. The van der Waals surface area contributed by atoms with Crippen molar-refractivity contribution >= 4 is 16.2 Å². The van der Waals surface area contributed by atoms with Gasteiger partial charge in [-0.2, -0.15) is 13.1 Å². The van der Waals surface area contributed by atoms with Gasteiger partial charge in [-0.25, -0.2) is 9.10 Å². The van der Waals surface area contributed by atoms with Crippen molar-refractivity contribution in [1.29, 1.82) is 0 Å². The summed E-state index contributed by atoms with van der Waals surface area (Å²) in [5.41, 5.74) is 0. The molecule has 1 rings (SSSR count). The number of nitrogens with zero attached hydrogens (tertiary/aromatic N) is 1. The van der Waals surface area contributed by atoms with Crippen LogP contribution in [0.4, 0.5) is 4.79 Å². The predicted molar refractivity (Wildman–Crippen MR) is 42.7 cm³/mol. The number of amides is 2. The predicted octanol–water partition coefficient (Wildman–Crippen LogP) is -1.13. The topological polar surface area (TPSA) is 78.5 Å². The highest BCUT2D eigenvalue weighted by molar-refractivity contribution is 7.87. The second-order valence-electron chi connectivity index (χ2n) is 2.31. The molecule has 0 bridgehead atoms. The van der Waals surface area contributed by atoms with Crippen molar-refractivity contribution in [2.75, 3.05) is 19.6 Å². The maximum absolute atomic E-state index is 11.2. The molecular weight excluding hydrogens is 182 g/mol. The van der Waals surface area contributed by atoms with Gasteiger partial charge in [0.15, 0.2) is 0 Å². The minimum absolute atomic E-state index is 0.203. The van der Waals surface area contributed by atoms with Crippen LogP contribution in [0.1, 0.15) is 6.92 Å². The van der Waals surface area contributed by atoms with E-state index in [1.807, 2.05) is 0 Å². The first-order valence-electron chi connectivity index (χ1n) is 3.63. The Morgan fingerprint density at radius 1 is 1.67 bits per heavy atom. The molecule has 0 spiro atoms. The lowest BCUT2D eigenvalue weighted by Gasteiger charge is -2.13. The molecule has 2 N–H and O–H groups in total. The molecular formula is C5H11N3O3S. The third kappa shape index (κ3) is 1.67. The smallest absolute Gasteiger partial charge is 0.332 e. The van der Waals surface area contributed by atoms with Crippen LogP contribution in [0.25, 0.3) is 0 Å². The summed E-state index contributed by atoms with van der Waals surface area (Å²) in [6.07, 6.45) is 0. The summed E-state index contributed by atoms with van der Waals surface area (Å²) in [7, 11) is -3.59. The van der Waals surface area contributed by atoms with Crippen molar-refractivity contribution in [3.8, 4) is 0 Å². The van der Waals surface area contributed by atoms with Gasteiger partial charge in [0, 0.05) is 13.1 Å². The zero-order chi connectivity index (χ0) is 9.19. The van der Waals surface area contributed by atoms with Gasteiger partial charge in [0.25, 0.3) is 0 Å². The highest BCUT2D eigenvalue weighted by Gasteiger charge is 2.30. The van der Waals surface area contributed by atoms with Crippen molar-refractivity contribution < 1.29 is 13.2 Å². The Bertz CT molecular complexity index is 274. The molecule has 1 fully saturated rings. The van der Waals surface area contributed by atoms with Crippen LogP contribution in [0.3, 0.4) is 0 Å². The number of rotatable bonds is 3. The number of carbonyl (C=O) groups is 1. The lowest BCUT2D eigenvalue weighted by Crippen LogP contribution is -2.42. The molecule has 12 heavy (non-hydrogen) atoms. The number of nitrogens with one attached hydrogen (secondary N) is 2. The molecule has 7 heteroatoms. The van der Waals surface area contributed by atoms with Crippen LogP contribution in [-0.4, -0.2) is 38.4 Å². The fraction of sp³-hybridized carbons (Fsp3) is 0.800. The first kappa shape index (κ1) is 9.27. The van der Waals surface area contributed by atoms with Gasteiger partial charge >= 0.3 is 16.2 Å². The van der Waals surface area contributed by atoms with Crippen LogP contribution in [0.5, 0.6) is 0 Å². The van der Waals surface area contributed by atoms with E-state index in [1.54, 1.807) is 6.92 Å². The van der Waals surface area contributed by atoms with Crippen LogP contribution < -0.4 is 10.0 Å². The molecule has 0 aromatic rings. The van der Waals surface area contributed by atoms with Gasteiger partial charge in [-0.1, -0.05) is 6.92 Å². The SMILES string of the molecule is CCNS(=O)(=O)N1CCNC1=O. The van der Waals surface area contributed by atoms with Crippen molar-refractivity contribution in [3.05, 3.63) is 0 Å². The van der Waals surface area contributed by atoms with E-state index in [9.17, 15) is 13.2 Å². The van der Waals surface area contributed by atoms with Crippen LogP contribution in [0.2, 0.25) is 0 Å². The molecule has 0 unspecified atom stereocenters. The van der Waals surface area contributed by atoms with E-state index in [4.69, 9.17) is 0 Å².